The molecule has 1 aromatic carbocycles. The van der Waals surface area contributed by atoms with Gasteiger partial charge in [-0.15, -0.1) is 10.2 Å². The Kier molecular flexibility index (Phi) is 3.64. The van der Waals surface area contributed by atoms with Crippen LogP contribution in [0.15, 0.2) is 24.5 Å². The summed E-state index contributed by atoms with van der Waals surface area (Å²) in [6.45, 7) is 4.26. The van der Waals surface area contributed by atoms with Gasteiger partial charge in [0.1, 0.15) is 12.1 Å². The Balaban J connectivity index is 1.94. The highest BCUT2D eigenvalue weighted by Gasteiger charge is 2.34. The second-order valence-corrected chi connectivity index (χ2v) is 6.86. The fraction of sp³-hybridized carbons (Fsp3) is 0.444. The molecule has 5 nitrogen and oxygen atoms in total. The van der Waals surface area contributed by atoms with Crippen molar-refractivity contribution in [1.82, 2.24) is 14.6 Å². The highest BCUT2D eigenvalue weighted by Crippen LogP contribution is 2.35. The SMILES string of the molecule is Cc1cc(C(C)O)c2cc(N3CCC(F)(F)CC3)n3cnnc3c2c1. The molecular formula is C18H20F2N4O. The summed E-state index contributed by atoms with van der Waals surface area (Å²) in [5.41, 5.74) is 2.51. The van der Waals surface area contributed by atoms with Crippen LogP contribution >= 0.6 is 0 Å². The van der Waals surface area contributed by atoms with Gasteiger partial charge in [-0.2, -0.15) is 0 Å². The molecule has 1 saturated heterocycles. The molecule has 1 aliphatic heterocycles. The molecule has 1 atom stereocenters. The van der Waals surface area contributed by atoms with Crippen LogP contribution in [0.3, 0.4) is 0 Å². The van der Waals surface area contributed by atoms with E-state index in [1.165, 1.54) is 0 Å². The first-order valence-electron chi connectivity index (χ1n) is 8.43. The van der Waals surface area contributed by atoms with Crippen molar-refractivity contribution in [1.29, 1.82) is 0 Å². The van der Waals surface area contributed by atoms with Crippen molar-refractivity contribution < 1.29 is 13.9 Å². The number of nitrogens with zero attached hydrogens (tertiary/aromatic N) is 4. The summed E-state index contributed by atoms with van der Waals surface area (Å²) in [7, 11) is 0. The van der Waals surface area contributed by atoms with Crippen LogP contribution in [0.5, 0.6) is 0 Å². The van der Waals surface area contributed by atoms with E-state index < -0.39 is 12.0 Å². The van der Waals surface area contributed by atoms with E-state index >= 15 is 0 Å². The molecule has 25 heavy (non-hydrogen) atoms. The van der Waals surface area contributed by atoms with E-state index in [2.05, 4.69) is 10.2 Å². The lowest BCUT2D eigenvalue weighted by Crippen LogP contribution is -2.40. The third-order valence-electron chi connectivity index (χ3n) is 4.93. The number of piperidine rings is 1. The third-order valence-corrected chi connectivity index (χ3v) is 4.93. The van der Waals surface area contributed by atoms with Crippen LogP contribution in [0.2, 0.25) is 0 Å². The monoisotopic (exact) mass is 346 g/mol. The van der Waals surface area contributed by atoms with Crippen LogP contribution in [0.4, 0.5) is 14.6 Å². The summed E-state index contributed by atoms with van der Waals surface area (Å²) in [6, 6.07) is 5.92. The Labute approximate surface area is 143 Å². The van der Waals surface area contributed by atoms with Crippen molar-refractivity contribution in [3.05, 3.63) is 35.7 Å². The van der Waals surface area contributed by atoms with Crippen molar-refractivity contribution in [2.45, 2.75) is 38.7 Å². The average molecular weight is 346 g/mol. The van der Waals surface area contributed by atoms with Gasteiger partial charge in [-0.3, -0.25) is 4.40 Å². The van der Waals surface area contributed by atoms with E-state index in [-0.39, 0.29) is 25.9 Å². The number of aromatic nitrogens is 3. The molecule has 0 spiro atoms. The van der Waals surface area contributed by atoms with Crippen LogP contribution in [0, 0.1) is 6.92 Å². The van der Waals surface area contributed by atoms with E-state index in [9.17, 15) is 13.9 Å². The number of fused-ring (bicyclic) bond motifs is 3. The Morgan fingerprint density at radius 3 is 2.56 bits per heavy atom. The van der Waals surface area contributed by atoms with Gasteiger partial charge in [0.05, 0.1) is 6.10 Å². The molecule has 1 unspecified atom stereocenters. The van der Waals surface area contributed by atoms with Crippen LogP contribution in [0.1, 0.15) is 37.0 Å². The molecule has 132 valence electrons. The molecule has 4 rings (SSSR count). The number of hydrogen-bond acceptors (Lipinski definition) is 4. The number of aryl methyl sites for hydroxylation is 1. The summed E-state index contributed by atoms with van der Waals surface area (Å²) in [5, 5.41) is 20.2. The number of hydrogen-bond donors (Lipinski definition) is 1. The largest absolute Gasteiger partial charge is 0.389 e. The summed E-state index contributed by atoms with van der Waals surface area (Å²) >= 11 is 0. The van der Waals surface area contributed by atoms with Crippen molar-refractivity contribution in [2.75, 3.05) is 18.0 Å². The number of rotatable bonds is 2. The number of aliphatic hydroxyl groups excluding tert-OH is 1. The first-order chi connectivity index (χ1) is 11.9. The minimum Gasteiger partial charge on any atom is -0.389 e. The summed E-state index contributed by atoms with van der Waals surface area (Å²) in [6.07, 6.45) is 0.657. The molecule has 0 amide bonds. The molecule has 3 aromatic rings. The van der Waals surface area contributed by atoms with Gasteiger partial charge >= 0.3 is 0 Å². The summed E-state index contributed by atoms with van der Waals surface area (Å²) in [4.78, 5) is 1.94. The summed E-state index contributed by atoms with van der Waals surface area (Å²) < 4.78 is 28.9. The molecule has 1 N–H and O–H groups in total. The standard InChI is InChI=1S/C18H20F2N4O/c1-11-7-13(12(2)25)14-9-16(23-5-3-18(19,20)4-6-23)24-10-21-22-17(24)15(14)8-11/h7-10,12,25H,3-6H2,1-2H3. The van der Waals surface area contributed by atoms with Gasteiger partial charge in [0.15, 0.2) is 5.65 Å². The Morgan fingerprint density at radius 1 is 1.16 bits per heavy atom. The highest BCUT2D eigenvalue weighted by molar-refractivity contribution is 5.98. The van der Waals surface area contributed by atoms with E-state index in [1.54, 1.807) is 13.3 Å². The smallest absolute Gasteiger partial charge is 0.251 e. The quantitative estimate of drug-likeness (QED) is 0.772. The fourth-order valence-corrected chi connectivity index (χ4v) is 3.61. The molecule has 3 heterocycles. The number of pyridine rings is 1. The van der Waals surface area contributed by atoms with Crippen molar-refractivity contribution >= 4 is 22.2 Å². The van der Waals surface area contributed by atoms with E-state index in [1.807, 2.05) is 34.4 Å². The number of halogens is 2. The Hall–Kier alpha value is -2.28. The summed E-state index contributed by atoms with van der Waals surface area (Å²) in [5.74, 6) is -1.81. The molecule has 0 aliphatic carbocycles. The van der Waals surface area contributed by atoms with Crippen molar-refractivity contribution in [3.8, 4) is 0 Å². The highest BCUT2D eigenvalue weighted by atomic mass is 19.3. The molecule has 0 radical (unpaired) electrons. The number of aliphatic hydroxyl groups is 1. The van der Waals surface area contributed by atoms with Crippen LogP contribution in [-0.2, 0) is 0 Å². The van der Waals surface area contributed by atoms with Crippen molar-refractivity contribution in [3.63, 3.8) is 0 Å². The molecule has 1 aliphatic rings. The van der Waals surface area contributed by atoms with Gasteiger partial charge in [-0.1, -0.05) is 6.07 Å². The van der Waals surface area contributed by atoms with Gasteiger partial charge in [-0.25, -0.2) is 8.78 Å². The molecule has 1 fully saturated rings. The molecule has 0 saturated carbocycles. The van der Waals surface area contributed by atoms with Gasteiger partial charge in [0.25, 0.3) is 5.92 Å². The molecule has 2 aromatic heterocycles. The molecular weight excluding hydrogens is 326 g/mol. The number of anilines is 1. The zero-order valence-corrected chi connectivity index (χ0v) is 14.2. The normalized spacial score (nSPS) is 18.8. The second kappa shape index (κ2) is 5.62. The minimum absolute atomic E-state index is 0.161. The fourth-order valence-electron chi connectivity index (χ4n) is 3.61. The number of benzene rings is 1. The molecule has 7 heteroatoms. The van der Waals surface area contributed by atoms with Gasteiger partial charge in [-0.05, 0) is 42.5 Å². The first-order valence-corrected chi connectivity index (χ1v) is 8.43. The Morgan fingerprint density at radius 2 is 1.88 bits per heavy atom. The van der Waals surface area contributed by atoms with Crippen LogP contribution in [-0.4, -0.2) is 38.7 Å². The van der Waals surface area contributed by atoms with E-state index in [0.29, 0.717) is 5.65 Å². The van der Waals surface area contributed by atoms with Gasteiger partial charge in [0.2, 0.25) is 0 Å². The van der Waals surface area contributed by atoms with E-state index in [0.717, 1.165) is 27.7 Å². The van der Waals surface area contributed by atoms with E-state index in [4.69, 9.17) is 0 Å². The van der Waals surface area contributed by atoms with Gasteiger partial charge < -0.3 is 10.0 Å². The zero-order valence-electron chi connectivity index (χ0n) is 14.2. The maximum atomic E-state index is 13.5. The maximum Gasteiger partial charge on any atom is 0.251 e. The lowest BCUT2D eigenvalue weighted by atomic mass is 9.98. The van der Waals surface area contributed by atoms with Crippen LogP contribution in [0.25, 0.3) is 16.4 Å². The van der Waals surface area contributed by atoms with Crippen LogP contribution < -0.4 is 4.90 Å². The number of alkyl halides is 2. The third kappa shape index (κ3) is 2.72. The van der Waals surface area contributed by atoms with Crippen molar-refractivity contribution in [2.24, 2.45) is 0 Å². The topological polar surface area (TPSA) is 53.7 Å². The maximum absolute atomic E-state index is 13.5. The second-order valence-electron chi connectivity index (χ2n) is 6.86. The lowest BCUT2D eigenvalue weighted by Gasteiger charge is -2.33. The predicted octanol–water partition coefficient (Wildman–Crippen LogP) is 3.48. The minimum atomic E-state index is -2.60. The lowest BCUT2D eigenvalue weighted by molar-refractivity contribution is -0.0221. The molecule has 0 bridgehead atoms. The predicted molar refractivity (Wildman–Crippen MR) is 92.3 cm³/mol. The average Bonchev–Trinajstić information content (AvgIpc) is 3.03. The Bertz CT molecular complexity index is 941. The zero-order chi connectivity index (χ0) is 17.8. The van der Waals surface area contributed by atoms with Gasteiger partial charge in [0, 0.05) is 31.3 Å². The first kappa shape index (κ1) is 16.2.